The van der Waals surface area contributed by atoms with Crippen molar-refractivity contribution in [1.82, 2.24) is 19.9 Å². The van der Waals surface area contributed by atoms with Crippen molar-refractivity contribution in [2.45, 2.75) is 12.6 Å². The Kier molecular flexibility index (Phi) is 5.98. The van der Waals surface area contributed by atoms with E-state index >= 15 is 0 Å². The Morgan fingerprint density at radius 2 is 1.94 bits per heavy atom. The molecule has 0 saturated carbocycles. The third kappa shape index (κ3) is 4.69. The maximum atomic E-state index is 13.7. The van der Waals surface area contributed by atoms with Gasteiger partial charge >= 0.3 is 0 Å². The van der Waals surface area contributed by atoms with Gasteiger partial charge < -0.3 is 9.64 Å². The maximum Gasteiger partial charge on any atom is 0.133 e. The van der Waals surface area contributed by atoms with E-state index in [0.29, 0.717) is 24.4 Å². The number of benzene rings is 2. The predicted molar refractivity (Wildman–Crippen MR) is 127 cm³/mol. The van der Waals surface area contributed by atoms with Gasteiger partial charge in [0.25, 0.3) is 0 Å². The van der Waals surface area contributed by atoms with Gasteiger partial charge in [-0.25, -0.2) is 14.4 Å². The monoisotopic (exact) mass is 443 g/mol. The van der Waals surface area contributed by atoms with E-state index in [0.717, 1.165) is 35.5 Å². The molecule has 1 atom stereocenters. The van der Waals surface area contributed by atoms with Crippen LogP contribution in [0.1, 0.15) is 17.4 Å². The molecule has 0 aliphatic carbocycles. The van der Waals surface area contributed by atoms with Crippen molar-refractivity contribution in [2.24, 2.45) is 0 Å². The zero-order valence-corrected chi connectivity index (χ0v) is 18.8. The average Bonchev–Trinajstić information content (AvgIpc) is 2.84. The summed E-state index contributed by atoms with van der Waals surface area (Å²) < 4.78 is 19.7. The Morgan fingerprint density at radius 3 is 2.79 bits per heavy atom. The zero-order chi connectivity index (χ0) is 22.8. The van der Waals surface area contributed by atoms with Crippen LogP contribution in [0.3, 0.4) is 0 Å². The first-order chi connectivity index (χ1) is 16.1. The lowest BCUT2D eigenvalue weighted by molar-refractivity contribution is -0.0350. The lowest BCUT2D eigenvalue weighted by Gasteiger charge is -2.33. The highest BCUT2D eigenvalue weighted by molar-refractivity contribution is 5.81. The lowest BCUT2D eigenvalue weighted by atomic mass is 10.1. The molecule has 0 radical (unpaired) electrons. The number of pyridine rings is 1. The molecule has 0 N–H and O–H groups in total. The minimum Gasteiger partial charge on any atom is -0.369 e. The molecule has 3 heterocycles. The minimum atomic E-state index is -0.291. The van der Waals surface area contributed by atoms with E-state index in [9.17, 15) is 4.39 Å². The van der Waals surface area contributed by atoms with Gasteiger partial charge in [0.1, 0.15) is 17.7 Å². The standard InChI is InChI=1S/C26H26FN5O/c1-31(2)26-20(12-18-6-3-4-9-22(18)30-26)16-32-10-11-33-25(17-32)24-15-28-14-23(29-24)19-7-5-8-21(27)13-19/h3-9,12-15,25H,10-11,16-17H2,1-2H3. The highest BCUT2D eigenvalue weighted by Crippen LogP contribution is 2.27. The fourth-order valence-corrected chi connectivity index (χ4v) is 4.24. The molecule has 0 bridgehead atoms. The molecule has 5 rings (SSSR count). The van der Waals surface area contributed by atoms with Gasteiger partial charge in [0.05, 0.1) is 35.9 Å². The third-order valence-electron chi connectivity index (χ3n) is 5.85. The van der Waals surface area contributed by atoms with Crippen molar-refractivity contribution in [3.63, 3.8) is 0 Å². The Hall–Kier alpha value is -3.42. The van der Waals surface area contributed by atoms with E-state index in [1.807, 2.05) is 38.4 Å². The van der Waals surface area contributed by atoms with Gasteiger partial charge in [-0.1, -0.05) is 30.3 Å². The molecule has 7 heteroatoms. The fourth-order valence-electron chi connectivity index (χ4n) is 4.24. The van der Waals surface area contributed by atoms with Crippen molar-refractivity contribution in [3.8, 4) is 11.3 Å². The van der Waals surface area contributed by atoms with Crippen LogP contribution in [-0.2, 0) is 11.3 Å². The van der Waals surface area contributed by atoms with Crippen molar-refractivity contribution >= 4 is 16.7 Å². The third-order valence-corrected chi connectivity index (χ3v) is 5.85. The van der Waals surface area contributed by atoms with Crippen LogP contribution in [0.4, 0.5) is 10.2 Å². The van der Waals surface area contributed by atoms with E-state index in [4.69, 9.17) is 14.7 Å². The summed E-state index contributed by atoms with van der Waals surface area (Å²) in [6.45, 7) is 2.89. The Bertz CT molecular complexity index is 1280. The first-order valence-electron chi connectivity index (χ1n) is 11.0. The molecule has 0 spiro atoms. The van der Waals surface area contributed by atoms with Gasteiger partial charge in [-0.2, -0.15) is 0 Å². The van der Waals surface area contributed by atoms with Crippen LogP contribution < -0.4 is 4.90 Å². The zero-order valence-electron chi connectivity index (χ0n) is 18.8. The number of aromatic nitrogens is 3. The second-order valence-corrected chi connectivity index (χ2v) is 8.49. The van der Waals surface area contributed by atoms with E-state index in [1.165, 1.54) is 17.7 Å². The molecule has 1 aliphatic rings. The fraction of sp³-hybridized carbons (Fsp3) is 0.269. The highest BCUT2D eigenvalue weighted by Gasteiger charge is 2.25. The SMILES string of the molecule is CN(C)c1nc2ccccc2cc1CN1CCOC(c2cncc(-c3cccc(F)c3)n2)C1. The molecule has 6 nitrogen and oxygen atoms in total. The van der Waals surface area contributed by atoms with Crippen LogP contribution in [-0.4, -0.2) is 53.6 Å². The summed E-state index contributed by atoms with van der Waals surface area (Å²) in [7, 11) is 4.05. The summed E-state index contributed by atoms with van der Waals surface area (Å²) >= 11 is 0. The van der Waals surface area contributed by atoms with Crippen LogP contribution in [0.15, 0.2) is 67.0 Å². The van der Waals surface area contributed by atoms with Crippen LogP contribution >= 0.6 is 0 Å². The lowest BCUT2D eigenvalue weighted by Crippen LogP contribution is -2.38. The number of anilines is 1. The number of morpholine rings is 1. The summed E-state index contributed by atoms with van der Waals surface area (Å²) in [6, 6.07) is 16.8. The maximum absolute atomic E-state index is 13.7. The molecule has 2 aromatic carbocycles. The van der Waals surface area contributed by atoms with Gasteiger partial charge in [0, 0.05) is 50.2 Å². The first-order valence-corrected chi connectivity index (χ1v) is 11.0. The molecule has 33 heavy (non-hydrogen) atoms. The molecular weight excluding hydrogens is 417 g/mol. The number of fused-ring (bicyclic) bond motifs is 1. The second-order valence-electron chi connectivity index (χ2n) is 8.49. The Labute approximate surface area is 192 Å². The summed E-state index contributed by atoms with van der Waals surface area (Å²) in [6.07, 6.45) is 3.19. The van der Waals surface area contributed by atoms with Crippen molar-refractivity contribution in [2.75, 3.05) is 38.7 Å². The number of nitrogens with zero attached hydrogens (tertiary/aromatic N) is 5. The summed E-state index contributed by atoms with van der Waals surface area (Å²) in [5.41, 5.74) is 4.27. The first kappa shape index (κ1) is 21.4. The molecule has 0 amide bonds. The second kappa shape index (κ2) is 9.21. The van der Waals surface area contributed by atoms with Crippen molar-refractivity contribution in [3.05, 3.63) is 84.1 Å². The van der Waals surface area contributed by atoms with Crippen LogP contribution in [0.2, 0.25) is 0 Å². The van der Waals surface area contributed by atoms with Crippen LogP contribution in [0, 0.1) is 5.82 Å². The number of para-hydroxylation sites is 1. The van der Waals surface area contributed by atoms with E-state index < -0.39 is 0 Å². The molecule has 4 aromatic rings. The molecular formula is C26H26FN5O. The van der Waals surface area contributed by atoms with Gasteiger partial charge in [-0.3, -0.25) is 9.88 Å². The molecule has 1 aliphatic heterocycles. The van der Waals surface area contributed by atoms with E-state index in [-0.39, 0.29) is 11.9 Å². The summed E-state index contributed by atoms with van der Waals surface area (Å²) in [4.78, 5) is 18.4. The van der Waals surface area contributed by atoms with Gasteiger partial charge in [-0.05, 0) is 24.3 Å². The van der Waals surface area contributed by atoms with E-state index in [1.54, 1.807) is 18.5 Å². The normalized spacial score (nSPS) is 16.8. The number of hydrogen-bond acceptors (Lipinski definition) is 6. The predicted octanol–water partition coefficient (Wildman–Crippen LogP) is 4.47. The smallest absolute Gasteiger partial charge is 0.133 e. The largest absolute Gasteiger partial charge is 0.369 e. The number of ether oxygens (including phenoxy) is 1. The molecule has 1 saturated heterocycles. The average molecular weight is 444 g/mol. The topological polar surface area (TPSA) is 54.4 Å². The van der Waals surface area contributed by atoms with Crippen LogP contribution in [0.25, 0.3) is 22.2 Å². The van der Waals surface area contributed by atoms with Crippen LogP contribution in [0.5, 0.6) is 0 Å². The Morgan fingerprint density at radius 1 is 1.06 bits per heavy atom. The number of rotatable bonds is 5. The minimum absolute atomic E-state index is 0.198. The summed E-state index contributed by atoms with van der Waals surface area (Å²) in [5.74, 6) is 0.685. The van der Waals surface area contributed by atoms with Crippen molar-refractivity contribution in [1.29, 1.82) is 0 Å². The number of halogens is 1. The van der Waals surface area contributed by atoms with Gasteiger partial charge in [0.2, 0.25) is 0 Å². The van der Waals surface area contributed by atoms with Crippen molar-refractivity contribution < 1.29 is 9.13 Å². The quantitative estimate of drug-likeness (QED) is 0.454. The molecule has 168 valence electrons. The summed E-state index contributed by atoms with van der Waals surface area (Å²) in [5, 5.41) is 1.14. The molecule has 2 aromatic heterocycles. The van der Waals surface area contributed by atoms with Gasteiger partial charge in [0.15, 0.2) is 0 Å². The van der Waals surface area contributed by atoms with Gasteiger partial charge in [-0.15, -0.1) is 0 Å². The van der Waals surface area contributed by atoms with E-state index in [2.05, 4.69) is 26.9 Å². The molecule has 1 fully saturated rings. The Balaban J connectivity index is 1.38. The number of hydrogen-bond donors (Lipinski definition) is 0. The molecule has 1 unspecified atom stereocenters. The highest BCUT2D eigenvalue weighted by atomic mass is 19.1.